The summed E-state index contributed by atoms with van der Waals surface area (Å²) in [6.45, 7) is 8.82. The van der Waals surface area contributed by atoms with E-state index in [1.807, 2.05) is 19.1 Å². The first kappa shape index (κ1) is 16.5. The Kier molecular flexibility index (Phi) is 7.42. The maximum absolute atomic E-state index is 5.91. The molecule has 1 aromatic carbocycles. The molecular formula is C15H24BrNO2. The molecule has 0 aromatic heterocycles. The first-order chi connectivity index (χ1) is 9.02. The van der Waals surface area contributed by atoms with E-state index in [-0.39, 0.29) is 6.10 Å². The summed E-state index contributed by atoms with van der Waals surface area (Å²) in [6, 6.07) is 6.10. The molecule has 1 atom stereocenters. The molecule has 1 N–H and O–H groups in total. The minimum atomic E-state index is 0.0509. The zero-order valence-corrected chi connectivity index (χ0v) is 13.8. The summed E-state index contributed by atoms with van der Waals surface area (Å²) in [5.74, 6) is 1.56. The van der Waals surface area contributed by atoms with Crippen molar-refractivity contribution in [1.82, 2.24) is 5.32 Å². The topological polar surface area (TPSA) is 30.5 Å². The van der Waals surface area contributed by atoms with Crippen LogP contribution in [0, 0.1) is 5.92 Å². The van der Waals surface area contributed by atoms with Crippen molar-refractivity contribution in [3.05, 3.63) is 28.2 Å². The lowest BCUT2D eigenvalue weighted by Gasteiger charge is -2.18. The van der Waals surface area contributed by atoms with E-state index < -0.39 is 0 Å². The minimum Gasteiger partial charge on any atom is -0.488 e. The van der Waals surface area contributed by atoms with Gasteiger partial charge < -0.3 is 14.8 Å². The summed E-state index contributed by atoms with van der Waals surface area (Å²) in [7, 11) is 1.69. The van der Waals surface area contributed by atoms with E-state index in [2.05, 4.69) is 41.2 Å². The van der Waals surface area contributed by atoms with Crippen LogP contribution in [0.1, 0.15) is 26.3 Å². The Morgan fingerprint density at radius 1 is 1.26 bits per heavy atom. The lowest BCUT2D eigenvalue weighted by molar-refractivity contribution is 0.0913. The summed E-state index contributed by atoms with van der Waals surface area (Å²) in [6.07, 6.45) is 0.0509. The van der Waals surface area contributed by atoms with Crippen LogP contribution < -0.4 is 10.1 Å². The molecule has 1 rings (SSSR count). The quantitative estimate of drug-likeness (QED) is 0.790. The molecule has 0 radical (unpaired) electrons. The number of methoxy groups -OCH3 is 1. The van der Waals surface area contributed by atoms with E-state index in [0.29, 0.717) is 12.5 Å². The van der Waals surface area contributed by atoms with Gasteiger partial charge in [-0.25, -0.2) is 0 Å². The average Bonchev–Trinajstić information content (AvgIpc) is 2.32. The van der Waals surface area contributed by atoms with E-state index in [4.69, 9.17) is 9.47 Å². The van der Waals surface area contributed by atoms with E-state index in [1.54, 1.807) is 7.11 Å². The average molecular weight is 330 g/mol. The predicted octanol–water partition coefficient (Wildman–Crippen LogP) is 3.61. The molecular weight excluding hydrogens is 306 g/mol. The molecule has 4 heteroatoms. The predicted molar refractivity (Wildman–Crippen MR) is 82.7 cm³/mol. The Bertz CT molecular complexity index is 382. The standard InChI is InChI=1S/C15H24BrNO2/c1-11(2)8-17-9-13-7-14(16)5-6-15(13)19-12(3)10-18-4/h5-7,11-12,17H,8-10H2,1-4H3. The Hall–Kier alpha value is -0.580. The SMILES string of the molecule is COCC(C)Oc1ccc(Br)cc1CNCC(C)C. The lowest BCUT2D eigenvalue weighted by Crippen LogP contribution is -2.22. The molecule has 0 aliphatic rings. The number of halogens is 1. The fraction of sp³-hybridized carbons (Fsp3) is 0.600. The number of nitrogens with one attached hydrogen (secondary N) is 1. The van der Waals surface area contributed by atoms with Crippen LogP contribution in [-0.2, 0) is 11.3 Å². The van der Waals surface area contributed by atoms with Gasteiger partial charge in [0, 0.05) is 23.7 Å². The Balaban J connectivity index is 2.68. The number of hydrogen-bond acceptors (Lipinski definition) is 3. The summed E-state index contributed by atoms with van der Waals surface area (Å²) in [4.78, 5) is 0. The van der Waals surface area contributed by atoms with Gasteiger partial charge in [0.2, 0.25) is 0 Å². The molecule has 0 amide bonds. The van der Waals surface area contributed by atoms with Crippen molar-refractivity contribution in [1.29, 1.82) is 0 Å². The van der Waals surface area contributed by atoms with Crippen LogP contribution in [0.4, 0.5) is 0 Å². The van der Waals surface area contributed by atoms with Crippen molar-refractivity contribution in [3.63, 3.8) is 0 Å². The molecule has 108 valence electrons. The second-order valence-corrected chi connectivity index (χ2v) is 6.08. The minimum absolute atomic E-state index is 0.0509. The van der Waals surface area contributed by atoms with Gasteiger partial charge in [-0.05, 0) is 37.6 Å². The zero-order valence-electron chi connectivity index (χ0n) is 12.2. The molecule has 1 unspecified atom stereocenters. The maximum atomic E-state index is 5.91. The van der Waals surface area contributed by atoms with Crippen LogP contribution in [0.5, 0.6) is 5.75 Å². The van der Waals surface area contributed by atoms with E-state index in [9.17, 15) is 0 Å². The number of ether oxygens (including phenoxy) is 2. The fourth-order valence-electron chi connectivity index (χ4n) is 1.78. The fourth-order valence-corrected chi connectivity index (χ4v) is 2.19. The van der Waals surface area contributed by atoms with Gasteiger partial charge in [0.25, 0.3) is 0 Å². The van der Waals surface area contributed by atoms with Gasteiger partial charge in [0.15, 0.2) is 0 Å². The van der Waals surface area contributed by atoms with Gasteiger partial charge in [0.1, 0.15) is 11.9 Å². The third kappa shape index (κ3) is 6.41. The van der Waals surface area contributed by atoms with Gasteiger partial charge in [0.05, 0.1) is 6.61 Å². The molecule has 0 fully saturated rings. The van der Waals surface area contributed by atoms with Crippen molar-refractivity contribution < 1.29 is 9.47 Å². The molecule has 0 saturated carbocycles. The first-order valence-corrected chi connectivity index (χ1v) is 7.47. The smallest absolute Gasteiger partial charge is 0.124 e. The van der Waals surface area contributed by atoms with Gasteiger partial charge in [-0.3, -0.25) is 0 Å². The molecule has 0 spiro atoms. The monoisotopic (exact) mass is 329 g/mol. The molecule has 1 aromatic rings. The highest BCUT2D eigenvalue weighted by Gasteiger charge is 2.09. The lowest BCUT2D eigenvalue weighted by atomic mass is 10.1. The zero-order chi connectivity index (χ0) is 14.3. The summed E-state index contributed by atoms with van der Waals surface area (Å²) in [5.41, 5.74) is 1.16. The number of rotatable bonds is 8. The van der Waals surface area contributed by atoms with Crippen LogP contribution in [-0.4, -0.2) is 26.4 Å². The number of benzene rings is 1. The maximum Gasteiger partial charge on any atom is 0.124 e. The second kappa shape index (κ2) is 8.56. The van der Waals surface area contributed by atoms with Crippen molar-refractivity contribution in [2.75, 3.05) is 20.3 Å². The molecule has 0 aliphatic carbocycles. The Morgan fingerprint density at radius 3 is 2.63 bits per heavy atom. The third-order valence-electron chi connectivity index (χ3n) is 2.62. The summed E-state index contributed by atoms with van der Waals surface area (Å²) in [5, 5.41) is 3.44. The summed E-state index contributed by atoms with van der Waals surface area (Å²) < 4.78 is 12.1. The van der Waals surface area contributed by atoms with E-state index >= 15 is 0 Å². The van der Waals surface area contributed by atoms with Crippen molar-refractivity contribution in [2.24, 2.45) is 5.92 Å². The van der Waals surface area contributed by atoms with Crippen molar-refractivity contribution in [3.8, 4) is 5.75 Å². The van der Waals surface area contributed by atoms with E-state index in [0.717, 1.165) is 28.9 Å². The highest BCUT2D eigenvalue weighted by Crippen LogP contribution is 2.24. The first-order valence-electron chi connectivity index (χ1n) is 6.67. The number of hydrogen-bond donors (Lipinski definition) is 1. The summed E-state index contributed by atoms with van der Waals surface area (Å²) >= 11 is 3.51. The molecule has 0 heterocycles. The normalized spacial score (nSPS) is 12.7. The Morgan fingerprint density at radius 2 is 2.00 bits per heavy atom. The van der Waals surface area contributed by atoms with Crippen LogP contribution in [0.3, 0.4) is 0 Å². The van der Waals surface area contributed by atoms with Crippen LogP contribution in [0.2, 0.25) is 0 Å². The van der Waals surface area contributed by atoms with Gasteiger partial charge >= 0.3 is 0 Å². The van der Waals surface area contributed by atoms with Crippen molar-refractivity contribution in [2.45, 2.75) is 33.4 Å². The second-order valence-electron chi connectivity index (χ2n) is 5.16. The van der Waals surface area contributed by atoms with Crippen LogP contribution in [0.15, 0.2) is 22.7 Å². The molecule has 3 nitrogen and oxygen atoms in total. The third-order valence-corrected chi connectivity index (χ3v) is 3.11. The van der Waals surface area contributed by atoms with Gasteiger partial charge in [-0.15, -0.1) is 0 Å². The highest BCUT2D eigenvalue weighted by atomic mass is 79.9. The molecule has 0 aliphatic heterocycles. The Labute approximate surface area is 124 Å². The van der Waals surface area contributed by atoms with Crippen LogP contribution in [0.25, 0.3) is 0 Å². The van der Waals surface area contributed by atoms with Gasteiger partial charge in [-0.2, -0.15) is 0 Å². The molecule has 19 heavy (non-hydrogen) atoms. The van der Waals surface area contributed by atoms with Crippen LogP contribution >= 0.6 is 15.9 Å². The van der Waals surface area contributed by atoms with Gasteiger partial charge in [-0.1, -0.05) is 29.8 Å². The highest BCUT2D eigenvalue weighted by molar-refractivity contribution is 9.10. The molecule has 0 saturated heterocycles. The van der Waals surface area contributed by atoms with Crippen molar-refractivity contribution >= 4 is 15.9 Å². The van der Waals surface area contributed by atoms with E-state index in [1.165, 1.54) is 0 Å². The largest absolute Gasteiger partial charge is 0.488 e. The molecule has 0 bridgehead atoms.